The van der Waals surface area contributed by atoms with E-state index in [1.807, 2.05) is 26.0 Å². The number of hydrogen-bond donors (Lipinski definition) is 2. The van der Waals surface area contributed by atoms with Crippen molar-refractivity contribution in [3.63, 3.8) is 0 Å². The summed E-state index contributed by atoms with van der Waals surface area (Å²) >= 11 is 0. The van der Waals surface area contributed by atoms with E-state index in [0.717, 1.165) is 10.9 Å². The van der Waals surface area contributed by atoms with Gasteiger partial charge in [-0.05, 0) is 43.7 Å². The van der Waals surface area contributed by atoms with Crippen LogP contribution in [0, 0.1) is 0 Å². The zero-order valence-electron chi connectivity index (χ0n) is 19.6. The first-order chi connectivity index (χ1) is 17.3. The van der Waals surface area contributed by atoms with E-state index < -0.39 is 11.2 Å². The first kappa shape index (κ1) is 23.0. The Morgan fingerprint density at radius 3 is 2.69 bits per heavy atom. The van der Waals surface area contributed by atoms with Crippen LogP contribution in [0.1, 0.15) is 29.8 Å². The summed E-state index contributed by atoms with van der Waals surface area (Å²) in [6.07, 6.45) is 3.21. The zero-order chi connectivity index (χ0) is 25.3. The molecule has 10 heteroatoms. The van der Waals surface area contributed by atoms with Gasteiger partial charge in [0.15, 0.2) is 11.5 Å². The average molecular weight is 486 g/mol. The number of nitrogens with two attached hydrogens (primary N) is 1. The number of anilines is 1. The molecule has 1 aliphatic heterocycles. The number of fused-ring (bicyclic) bond motifs is 3. The van der Waals surface area contributed by atoms with E-state index >= 15 is 0 Å². The van der Waals surface area contributed by atoms with Crippen molar-refractivity contribution in [2.45, 2.75) is 32.0 Å². The molecule has 1 unspecified atom stereocenters. The second-order valence-electron chi connectivity index (χ2n) is 8.78. The molecule has 1 aliphatic rings. The molecule has 3 aromatic heterocycles. The molecule has 0 saturated heterocycles. The van der Waals surface area contributed by atoms with Crippen LogP contribution in [-0.4, -0.2) is 37.6 Å². The van der Waals surface area contributed by atoms with Gasteiger partial charge in [-0.2, -0.15) is 0 Å². The molecule has 0 aliphatic carbocycles. The van der Waals surface area contributed by atoms with Crippen molar-refractivity contribution in [3.8, 4) is 5.75 Å². The van der Waals surface area contributed by atoms with E-state index in [4.69, 9.17) is 19.6 Å². The molecule has 0 radical (unpaired) electrons. The lowest BCUT2D eigenvalue weighted by atomic mass is 9.96. The minimum Gasteiger partial charge on any atom is -0.485 e. The van der Waals surface area contributed by atoms with Crippen LogP contribution in [0.2, 0.25) is 0 Å². The number of esters is 1. The fraction of sp³-hybridized carbons (Fsp3) is 0.192. The van der Waals surface area contributed by atoms with Crippen LogP contribution in [-0.2, 0) is 11.2 Å². The summed E-state index contributed by atoms with van der Waals surface area (Å²) in [7, 11) is 0. The zero-order valence-corrected chi connectivity index (χ0v) is 19.6. The van der Waals surface area contributed by atoms with Crippen molar-refractivity contribution in [1.82, 2.24) is 19.9 Å². The molecule has 5 aromatic rings. The van der Waals surface area contributed by atoms with Crippen molar-refractivity contribution >= 4 is 33.9 Å². The number of aromatic amines is 1. The predicted molar refractivity (Wildman–Crippen MR) is 133 cm³/mol. The molecule has 6 rings (SSSR count). The molecular weight excluding hydrogens is 462 g/mol. The van der Waals surface area contributed by atoms with E-state index in [1.54, 1.807) is 36.4 Å². The topological polar surface area (TPSA) is 146 Å². The van der Waals surface area contributed by atoms with Gasteiger partial charge >= 0.3 is 11.6 Å². The maximum Gasteiger partial charge on any atom is 0.338 e. The van der Waals surface area contributed by atoms with Gasteiger partial charge in [0, 0.05) is 23.9 Å². The summed E-state index contributed by atoms with van der Waals surface area (Å²) in [5, 5.41) is 0.840. The van der Waals surface area contributed by atoms with E-state index in [2.05, 4.69) is 19.9 Å². The van der Waals surface area contributed by atoms with Gasteiger partial charge in [0.2, 0.25) is 0 Å². The lowest BCUT2D eigenvalue weighted by molar-refractivity contribution is -0.0517. The quantitative estimate of drug-likeness (QED) is 0.289. The standard InChI is InChI=1S/C21H18O5.C5H5N5/c1-21(2,26-20(23)13-6-4-3-5-7-13)18-11-15-10-14-8-9-19(22)25-16(14)12-17(15)24-18;6-4-3-5(9-1-7-3)10-2-8-4/h3-10,12,18H,11H2,1-2H3;1-2H,(H3,6,7,8,9,10). The SMILES string of the molecule is CC(C)(OC(=O)c1ccccc1)C1Cc2cc3ccc(=O)oc3cc2O1.Nc1ncnc2nc[nH]c12. The normalized spacial score (nSPS) is 14.6. The van der Waals surface area contributed by atoms with Crippen molar-refractivity contribution in [3.05, 3.63) is 88.8 Å². The fourth-order valence-corrected chi connectivity index (χ4v) is 3.92. The molecule has 4 heterocycles. The Balaban J connectivity index is 0.000000222. The van der Waals surface area contributed by atoms with Crippen molar-refractivity contribution in [1.29, 1.82) is 0 Å². The van der Waals surface area contributed by atoms with Gasteiger partial charge in [-0.15, -0.1) is 0 Å². The van der Waals surface area contributed by atoms with E-state index in [0.29, 0.717) is 40.3 Å². The van der Waals surface area contributed by atoms with Gasteiger partial charge in [-0.3, -0.25) is 0 Å². The molecule has 2 aromatic carbocycles. The van der Waals surface area contributed by atoms with E-state index in [-0.39, 0.29) is 12.1 Å². The summed E-state index contributed by atoms with van der Waals surface area (Å²) in [6.45, 7) is 3.68. The maximum absolute atomic E-state index is 12.4. The van der Waals surface area contributed by atoms with E-state index in [1.165, 1.54) is 18.7 Å². The number of carbonyl (C=O) groups excluding carboxylic acids is 1. The number of rotatable bonds is 3. The number of benzene rings is 2. The molecule has 3 N–H and O–H groups in total. The average Bonchev–Trinajstić information content (AvgIpc) is 3.51. The van der Waals surface area contributed by atoms with Gasteiger partial charge in [0.25, 0.3) is 0 Å². The monoisotopic (exact) mass is 485 g/mol. The Morgan fingerprint density at radius 1 is 1.11 bits per heavy atom. The summed E-state index contributed by atoms with van der Waals surface area (Å²) in [4.78, 5) is 38.2. The van der Waals surface area contributed by atoms with Crippen LogP contribution in [0.5, 0.6) is 5.75 Å². The second kappa shape index (κ2) is 9.14. The highest BCUT2D eigenvalue weighted by Crippen LogP contribution is 2.37. The summed E-state index contributed by atoms with van der Waals surface area (Å²) < 4.78 is 16.9. The molecule has 0 saturated carbocycles. The number of H-pyrrole nitrogens is 1. The predicted octanol–water partition coefficient (Wildman–Crippen LogP) is 3.67. The highest BCUT2D eigenvalue weighted by Gasteiger charge is 2.40. The molecule has 1 atom stereocenters. The summed E-state index contributed by atoms with van der Waals surface area (Å²) in [6, 6.07) is 15.7. The Kier molecular flexibility index (Phi) is 5.85. The first-order valence-corrected chi connectivity index (χ1v) is 11.2. The third-order valence-corrected chi connectivity index (χ3v) is 5.87. The van der Waals surface area contributed by atoms with Crippen LogP contribution >= 0.6 is 0 Å². The number of aromatic nitrogens is 4. The largest absolute Gasteiger partial charge is 0.485 e. The lowest BCUT2D eigenvalue weighted by Crippen LogP contribution is -2.43. The lowest BCUT2D eigenvalue weighted by Gasteiger charge is -2.30. The molecule has 0 spiro atoms. The number of carbonyl (C=O) groups is 1. The molecule has 36 heavy (non-hydrogen) atoms. The molecule has 0 amide bonds. The second-order valence-corrected chi connectivity index (χ2v) is 8.78. The number of nitrogens with zero attached hydrogens (tertiary/aromatic N) is 3. The number of ether oxygens (including phenoxy) is 2. The highest BCUT2D eigenvalue weighted by molar-refractivity contribution is 5.89. The van der Waals surface area contributed by atoms with Crippen molar-refractivity contribution < 1.29 is 18.7 Å². The number of nitrogens with one attached hydrogen (secondary N) is 1. The van der Waals surface area contributed by atoms with Crippen molar-refractivity contribution in [2.75, 3.05) is 5.73 Å². The number of hydrogen-bond acceptors (Lipinski definition) is 9. The van der Waals surface area contributed by atoms with Crippen LogP contribution in [0.3, 0.4) is 0 Å². The smallest absolute Gasteiger partial charge is 0.338 e. The van der Waals surface area contributed by atoms with Crippen molar-refractivity contribution in [2.24, 2.45) is 0 Å². The minimum atomic E-state index is -0.820. The van der Waals surface area contributed by atoms with Gasteiger partial charge in [0.1, 0.15) is 34.9 Å². The van der Waals surface area contributed by atoms with Crippen LogP contribution in [0.4, 0.5) is 5.82 Å². The molecular formula is C26H23N5O5. The van der Waals surface area contributed by atoms with E-state index in [9.17, 15) is 9.59 Å². The fourth-order valence-electron chi connectivity index (χ4n) is 3.92. The van der Waals surface area contributed by atoms with Crippen LogP contribution < -0.4 is 16.1 Å². The molecule has 182 valence electrons. The van der Waals surface area contributed by atoms with Gasteiger partial charge in [-0.25, -0.2) is 24.5 Å². The first-order valence-electron chi connectivity index (χ1n) is 11.2. The van der Waals surface area contributed by atoms with Gasteiger partial charge in [-0.1, -0.05) is 18.2 Å². The summed E-state index contributed by atoms with van der Waals surface area (Å²) in [5.74, 6) is 0.703. The van der Waals surface area contributed by atoms with Crippen LogP contribution in [0.25, 0.3) is 22.1 Å². The third kappa shape index (κ3) is 4.61. The van der Waals surface area contributed by atoms with Crippen LogP contribution in [0.15, 0.2) is 76.5 Å². The Bertz CT molecular complexity index is 1610. The number of imidazole rings is 1. The molecule has 0 bridgehead atoms. The maximum atomic E-state index is 12.4. The Morgan fingerprint density at radius 2 is 1.92 bits per heavy atom. The molecule has 0 fully saturated rings. The Labute approximate surface area is 205 Å². The number of nitrogen functional groups attached to an aromatic ring is 1. The van der Waals surface area contributed by atoms with Gasteiger partial charge in [0.05, 0.1) is 11.9 Å². The highest BCUT2D eigenvalue weighted by atomic mass is 16.6. The summed E-state index contributed by atoms with van der Waals surface area (Å²) in [5.41, 5.74) is 7.55. The van der Waals surface area contributed by atoms with Gasteiger partial charge < -0.3 is 24.6 Å². The third-order valence-electron chi connectivity index (χ3n) is 5.87. The minimum absolute atomic E-state index is 0.325. The Hall–Kier alpha value is -4.73. The molecule has 10 nitrogen and oxygen atoms in total.